The Labute approximate surface area is 256 Å². The second-order valence-corrected chi connectivity index (χ2v) is 12.4. The molecule has 3 aromatic heterocycles. The molecule has 0 saturated carbocycles. The van der Waals surface area contributed by atoms with Crippen molar-refractivity contribution in [3.05, 3.63) is 52.3 Å². The lowest BCUT2D eigenvalue weighted by Crippen LogP contribution is -2.43. The van der Waals surface area contributed by atoms with E-state index in [-0.39, 0.29) is 40.8 Å². The second-order valence-electron chi connectivity index (χ2n) is 12.4. The predicted octanol–water partition coefficient (Wildman–Crippen LogP) is 4.52. The van der Waals surface area contributed by atoms with Crippen molar-refractivity contribution in [1.82, 2.24) is 29.9 Å². The largest absolute Gasteiger partial charge is 0.508 e. The van der Waals surface area contributed by atoms with Crippen molar-refractivity contribution < 1.29 is 23.0 Å². The smallest absolute Gasteiger partial charge is 0.349 e. The lowest BCUT2D eigenvalue weighted by molar-refractivity contribution is 0.107. The van der Waals surface area contributed by atoms with E-state index in [1.165, 1.54) is 22.9 Å². The second kappa shape index (κ2) is 10.2. The Morgan fingerprint density at radius 1 is 1.16 bits per heavy atom. The van der Waals surface area contributed by atoms with Crippen LogP contribution in [0.4, 0.5) is 14.6 Å². The molecule has 2 aromatic carbocycles. The zero-order chi connectivity index (χ0) is 31.0. The number of phenols is 1. The molecule has 3 aliphatic heterocycles. The van der Waals surface area contributed by atoms with Crippen LogP contribution in [0.3, 0.4) is 0 Å². The number of phenolic OH excluding ortho intramolecular Hbond substituents is 1. The molecule has 2 atom stereocenters. The number of aryl methyl sites for hydroxylation is 2. The van der Waals surface area contributed by atoms with Gasteiger partial charge in [-0.05, 0) is 56.3 Å². The monoisotopic (exact) mass is 615 g/mol. The lowest BCUT2D eigenvalue weighted by atomic mass is 9.93. The van der Waals surface area contributed by atoms with E-state index >= 15 is 4.39 Å². The van der Waals surface area contributed by atoms with Gasteiger partial charge in [-0.1, -0.05) is 11.3 Å². The molecule has 13 heteroatoms. The Bertz CT molecular complexity index is 2060. The molecule has 1 N–H and O–H groups in total. The summed E-state index contributed by atoms with van der Waals surface area (Å²) in [7, 11) is 1.68. The summed E-state index contributed by atoms with van der Waals surface area (Å²) in [4.78, 5) is 27.3. The highest BCUT2D eigenvalue weighted by atomic mass is 19.1. The van der Waals surface area contributed by atoms with E-state index in [2.05, 4.69) is 20.2 Å². The number of hydrogen-bond acceptors (Lipinski definition) is 10. The molecule has 3 aliphatic rings. The zero-order valence-corrected chi connectivity index (χ0v) is 24.9. The number of halogens is 2. The maximum Gasteiger partial charge on any atom is 0.349 e. The number of anilines is 1. The zero-order valence-electron chi connectivity index (χ0n) is 24.9. The van der Waals surface area contributed by atoms with Gasteiger partial charge in [-0.2, -0.15) is 9.97 Å². The Kier molecular flexibility index (Phi) is 6.31. The van der Waals surface area contributed by atoms with Crippen molar-refractivity contribution >= 4 is 27.5 Å². The van der Waals surface area contributed by atoms with Crippen molar-refractivity contribution in [2.24, 2.45) is 7.05 Å². The normalized spacial score (nSPS) is 21.5. The molecule has 0 spiro atoms. The number of rotatable bonds is 6. The molecule has 0 aliphatic carbocycles. The molecule has 0 bridgehead atoms. The van der Waals surface area contributed by atoms with Gasteiger partial charge in [0, 0.05) is 55.2 Å². The highest BCUT2D eigenvalue weighted by molar-refractivity contribution is 6.07. The van der Waals surface area contributed by atoms with Crippen molar-refractivity contribution in [2.75, 3.05) is 37.7 Å². The summed E-state index contributed by atoms with van der Waals surface area (Å²) in [5.74, 6) is -0.0868. The quantitative estimate of drug-likeness (QED) is 0.292. The van der Waals surface area contributed by atoms with Gasteiger partial charge >= 0.3 is 11.6 Å². The van der Waals surface area contributed by atoms with E-state index in [0.29, 0.717) is 59.3 Å². The van der Waals surface area contributed by atoms with Crippen LogP contribution in [0, 0.1) is 12.7 Å². The molecule has 11 nitrogen and oxygen atoms in total. The summed E-state index contributed by atoms with van der Waals surface area (Å²) in [5, 5.41) is 20.0. The predicted molar refractivity (Wildman–Crippen MR) is 163 cm³/mol. The van der Waals surface area contributed by atoms with Gasteiger partial charge in [0.2, 0.25) is 0 Å². The number of alkyl halides is 1. The van der Waals surface area contributed by atoms with Crippen LogP contribution in [0.25, 0.3) is 44.3 Å². The molecule has 45 heavy (non-hydrogen) atoms. The molecule has 6 heterocycles. The summed E-state index contributed by atoms with van der Waals surface area (Å²) >= 11 is 0. The number of nitrogens with zero attached hydrogens (tertiary/aromatic N) is 7. The van der Waals surface area contributed by atoms with Crippen LogP contribution in [0.1, 0.15) is 31.2 Å². The van der Waals surface area contributed by atoms with Crippen LogP contribution in [0.5, 0.6) is 11.8 Å². The van der Waals surface area contributed by atoms with Gasteiger partial charge in [-0.25, -0.2) is 13.6 Å². The number of aromatic nitrogens is 5. The molecule has 5 aromatic rings. The number of hydrogen-bond donors (Lipinski definition) is 1. The van der Waals surface area contributed by atoms with Crippen molar-refractivity contribution in [1.29, 1.82) is 0 Å². The van der Waals surface area contributed by atoms with Crippen LogP contribution in [0.2, 0.25) is 0 Å². The topological polar surface area (TPSA) is 123 Å². The van der Waals surface area contributed by atoms with Gasteiger partial charge in [-0.15, -0.1) is 5.10 Å². The highest BCUT2D eigenvalue weighted by Crippen LogP contribution is 2.43. The molecule has 232 valence electrons. The number of fused-ring (bicyclic) bond motifs is 3. The SMILES string of the molecule is Cc1c(-c2cc(O)cc3ccc(F)c(-c4cn(C)nn4)c23)oc(=O)c2c(N3CCC3)nc(OC[C@@]34CCCN3C[C@H](F)C4)nc12. The van der Waals surface area contributed by atoms with E-state index in [1.54, 1.807) is 26.2 Å². The first-order chi connectivity index (χ1) is 21.7. The molecular weight excluding hydrogens is 584 g/mol. The Morgan fingerprint density at radius 3 is 2.76 bits per heavy atom. The summed E-state index contributed by atoms with van der Waals surface area (Å²) < 4.78 is 43.6. The molecular formula is C32H31F2N7O4. The molecule has 8 rings (SSSR count). The van der Waals surface area contributed by atoms with Crippen LogP contribution < -0.4 is 15.3 Å². The van der Waals surface area contributed by atoms with E-state index in [9.17, 15) is 14.3 Å². The Hall–Kier alpha value is -4.65. The average Bonchev–Trinajstić information content (AvgIpc) is 3.66. The van der Waals surface area contributed by atoms with Crippen LogP contribution >= 0.6 is 0 Å². The fraction of sp³-hybridized carbons (Fsp3) is 0.406. The van der Waals surface area contributed by atoms with Crippen LogP contribution in [-0.4, -0.2) is 79.5 Å². The van der Waals surface area contributed by atoms with E-state index in [4.69, 9.17) is 14.1 Å². The standard InChI is InChI=1S/C32H31F2N7O4/c1-17-27-26(29(40-8-4-9-40)36-31(35-27)44-16-32-7-3-10-41(32)14-19(33)13-32)30(43)45-28(17)21-12-20(42)11-18-5-6-22(34)25(24(18)21)23-15-39(2)38-37-23/h5-6,11-12,15,19,42H,3-4,7-10,13-14,16H2,1-2H3/t19-,32+/m1/s1. The first kappa shape index (κ1) is 27.9. The minimum atomic E-state index is -0.897. The van der Waals surface area contributed by atoms with Gasteiger partial charge < -0.3 is 19.2 Å². The number of benzene rings is 2. The van der Waals surface area contributed by atoms with Gasteiger partial charge in [0.25, 0.3) is 0 Å². The van der Waals surface area contributed by atoms with Crippen molar-refractivity contribution in [3.63, 3.8) is 0 Å². The summed E-state index contributed by atoms with van der Waals surface area (Å²) in [6.45, 7) is 4.66. The summed E-state index contributed by atoms with van der Waals surface area (Å²) in [5.41, 5.74) is 0.510. The van der Waals surface area contributed by atoms with Gasteiger partial charge in [0.05, 0.1) is 17.3 Å². The minimum Gasteiger partial charge on any atom is -0.508 e. The third-order valence-electron chi connectivity index (χ3n) is 9.51. The number of aromatic hydroxyl groups is 1. The van der Waals surface area contributed by atoms with Crippen molar-refractivity contribution in [3.8, 4) is 34.3 Å². The average molecular weight is 616 g/mol. The molecule has 3 fully saturated rings. The molecule has 0 amide bonds. The van der Waals surface area contributed by atoms with Gasteiger partial charge in [-0.3, -0.25) is 9.58 Å². The van der Waals surface area contributed by atoms with E-state index in [1.807, 2.05) is 4.90 Å². The first-order valence-electron chi connectivity index (χ1n) is 15.2. The number of ether oxygens (including phenoxy) is 1. The highest BCUT2D eigenvalue weighted by Gasteiger charge is 2.49. The fourth-order valence-corrected chi connectivity index (χ4v) is 7.26. The van der Waals surface area contributed by atoms with Gasteiger partial charge in [0.15, 0.2) is 5.82 Å². The summed E-state index contributed by atoms with van der Waals surface area (Å²) in [6, 6.07) is 5.90. The third kappa shape index (κ3) is 4.43. The third-order valence-corrected chi connectivity index (χ3v) is 9.51. The van der Waals surface area contributed by atoms with Gasteiger partial charge in [0.1, 0.15) is 41.2 Å². The Morgan fingerprint density at radius 2 is 2.00 bits per heavy atom. The van der Waals surface area contributed by atoms with E-state index < -0.39 is 23.2 Å². The van der Waals surface area contributed by atoms with Crippen LogP contribution in [0.15, 0.2) is 39.7 Å². The minimum absolute atomic E-state index is 0.0903. The lowest BCUT2D eigenvalue weighted by Gasteiger charge is -2.33. The maximum atomic E-state index is 15.5. The maximum absolute atomic E-state index is 15.5. The summed E-state index contributed by atoms with van der Waals surface area (Å²) in [6.07, 6.45) is 3.86. The molecule has 0 radical (unpaired) electrons. The van der Waals surface area contributed by atoms with Crippen molar-refractivity contribution in [2.45, 2.75) is 44.3 Å². The molecule has 0 unspecified atom stereocenters. The van der Waals surface area contributed by atoms with Crippen LogP contribution in [-0.2, 0) is 7.05 Å². The molecule has 3 saturated heterocycles. The van der Waals surface area contributed by atoms with E-state index in [0.717, 1.165) is 25.8 Å². The fourth-order valence-electron chi connectivity index (χ4n) is 7.26. The Balaban J connectivity index is 1.32. The first-order valence-corrected chi connectivity index (χ1v) is 15.2.